The molecule has 1 saturated heterocycles. The van der Waals surface area contributed by atoms with Crippen LogP contribution in [0.5, 0.6) is 5.75 Å². The van der Waals surface area contributed by atoms with Crippen molar-refractivity contribution in [1.82, 2.24) is 14.9 Å². The third-order valence-electron chi connectivity index (χ3n) is 7.08. The first-order valence-corrected chi connectivity index (χ1v) is 12.6. The van der Waals surface area contributed by atoms with Crippen LogP contribution in [0.3, 0.4) is 0 Å². The van der Waals surface area contributed by atoms with E-state index in [0.717, 1.165) is 17.1 Å². The van der Waals surface area contributed by atoms with Crippen LogP contribution in [0.25, 0.3) is 5.69 Å². The van der Waals surface area contributed by atoms with Gasteiger partial charge in [0.1, 0.15) is 5.75 Å². The van der Waals surface area contributed by atoms with E-state index in [-0.39, 0.29) is 12.1 Å². The quantitative estimate of drug-likeness (QED) is 0.315. The molecule has 2 unspecified atom stereocenters. The van der Waals surface area contributed by atoms with Crippen molar-refractivity contribution in [1.29, 1.82) is 0 Å². The van der Waals surface area contributed by atoms with E-state index in [1.807, 2.05) is 36.5 Å². The maximum atomic E-state index is 5.93. The fraction of sp³-hybridized carbons (Fsp3) is 0.267. The predicted octanol–water partition coefficient (Wildman–Crippen LogP) is 6.60. The molecule has 3 heterocycles. The van der Waals surface area contributed by atoms with Gasteiger partial charge in [-0.05, 0) is 93.9 Å². The zero-order chi connectivity index (χ0) is 25.6. The summed E-state index contributed by atoms with van der Waals surface area (Å²) in [6.45, 7) is 10.9. The van der Waals surface area contributed by atoms with Gasteiger partial charge in [0.05, 0.1) is 30.6 Å². The molecule has 4 aromatic rings. The summed E-state index contributed by atoms with van der Waals surface area (Å²) in [6, 6.07) is 20.8. The van der Waals surface area contributed by atoms with Crippen molar-refractivity contribution in [2.45, 2.75) is 46.7 Å². The van der Waals surface area contributed by atoms with Crippen molar-refractivity contribution < 1.29 is 4.74 Å². The Morgan fingerprint density at radius 3 is 2.33 bits per heavy atom. The lowest BCUT2D eigenvalue weighted by molar-refractivity contribution is 0.415. The smallest absolute Gasteiger partial charge is 0.174 e. The molecule has 184 valence electrons. The van der Waals surface area contributed by atoms with Crippen LogP contribution in [0.1, 0.15) is 51.4 Å². The lowest BCUT2D eigenvalue weighted by Gasteiger charge is -2.28. The molecule has 0 radical (unpaired) electrons. The van der Waals surface area contributed by atoms with Crippen LogP contribution in [-0.2, 0) is 0 Å². The second-order valence-corrected chi connectivity index (χ2v) is 9.99. The molecule has 0 saturated carbocycles. The van der Waals surface area contributed by atoms with Crippen LogP contribution in [0.2, 0.25) is 0 Å². The molecule has 0 bridgehead atoms. The molecule has 1 aliphatic heterocycles. The highest BCUT2D eigenvalue weighted by molar-refractivity contribution is 7.80. The first kappa shape index (κ1) is 24.1. The van der Waals surface area contributed by atoms with Crippen LogP contribution in [0.4, 0.5) is 5.69 Å². The Morgan fingerprint density at radius 1 is 0.917 bits per heavy atom. The highest BCUT2D eigenvalue weighted by Crippen LogP contribution is 2.44. The third kappa shape index (κ3) is 4.05. The van der Waals surface area contributed by atoms with Crippen molar-refractivity contribution in [3.05, 3.63) is 106 Å². The fourth-order valence-corrected chi connectivity index (χ4v) is 6.01. The zero-order valence-corrected chi connectivity index (χ0v) is 22.5. The number of thiocarbonyl (C=S) groups is 1. The van der Waals surface area contributed by atoms with E-state index in [1.165, 1.54) is 39.3 Å². The molecule has 36 heavy (non-hydrogen) atoms. The van der Waals surface area contributed by atoms with E-state index < -0.39 is 0 Å². The Balaban J connectivity index is 1.71. The summed E-state index contributed by atoms with van der Waals surface area (Å²) >= 11 is 5.93. The van der Waals surface area contributed by atoms with E-state index >= 15 is 0 Å². The van der Waals surface area contributed by atoms with Crippen molar-refractivity contribution in [2.24, 2.45) is 0 Å². The first-order chi connectivity index (χ1) is 17.3. The van der Waals surface area contributed by atoms with Gasteiger partial charge in [0.2, 0.25) is 0 Å². The topological polar surface area (TPSA) is 42.3 Å². The number of ether oxygens (including phenoxy) is 1. The van der Waals surface area contributed by atoms with Crippen LogP contribution in [-0.4, -0.2) is 21.8 Å². The lowest BCUT2D eigenvalue weighted by atomic mass is 9.96. The number of benzene rings is 2. The zero-order valence-electron chi connectivity index (χ0n) is 21.7. The number of aromatic nitrogens is 2. The number of pyridine rings is 1. The molecular formula is C30H32N4OS. The minimum Gasteiger partial charge on any atom is -0.497 e. The van der Waals surface area contributed by atoms with Gasteiger partial charge in [-0.25, -0.2) is 0 Å². The normalized spacial score (nSPS) is 17.4. The lowest BCUT2D eigenvalue weighted by Crippen LogP contribution is -2.29. The number of anilines is 1. The van der Waals surface area contributed by atoms with Gasteiger partial charge >= 0.3 is 0 Å². The SMILES string of the molecule is COc1cccc(N2C(=S)NC(c3ccccn3)C2c2cc(C)n(-c3c(C)cc(C)cc3C)c2C)c1. The monoisotopic (exact) mass is 496 g/mol. The van der Waals surface area contributed by atoms with Crippen LogP contribution in [0.15, 0.2) is 66.9 Å². The van der Waals surface area contributed by atoms with Gasteiger partial charge in [-0.1, -0.05) is 29.8 Å². The molecule has 1 fully saturated rings. The molecule has 1 aliphatic rings. The molecule has 0 spiro atoms. The standard InChI is InChI=1S/C30H32N4OS/c1-18-14-19(2)28(20(3)15-18)33-21(4)16-25(22(33)5)29-27(26-12-7-8-13-31-26)32-30(36)34(29)23-10-9-11-24(17-23)35-6/h7-17,27,29H,1-6H3,(H,32,36). The summed E-state index contributed by atoms with van der Waals surface area (Å²) in [5.74, 6) is 0.798. The van der Waals surface area contributed by atoms with Gasteiger partial charge in [-0.15, -0.1) is 0 Å². The molecule has 2 aromatic carbocycles. The molecule has 6 heteroatoms. The summed E-state index contributed by atoms with van der Waals surface area (Å²) in [7, 11) is 1.69. The van der Waals surface area contributed by atoms with Crippen LogP contribution >= 0.6 is 12.2 Å². The summed E-state index contributed by atoms with van der Waals surface area (Å²) in [6.07, 6.45) is 1.84. The average molecular weight is 497 g/mol. The number of rotatable bonds is 5. The number of methoxy groups -OCH3 is 1. The van der Waals surface area contributed by atoms with Gasteiger partial charge < -0.3 is 19.5 Å². The van der Waals surface area contributed by atoms with E-state index in [2.05, 4.69) is 79.7 Å². The van der Waals surface area contributed by atoms with Crippen molar-refractivity contribution in [2.75, 3.05) is 12.0 Å². The predicted molar refractivity (Wildman–Crippen MR) is 150 cm³/mol. The number of hydrogen-bond acceptors (Lipinski definition) is 3. The van der Waals surface area contributed by atoms with Gasteiger partial charge in [-0.3, -0.25) is 4.98 Å². The van der Waals surface area contributed by atoms with E-state index in [4.69, 9.17) is 21.9 Å². The summed E-state index contributed by atoms with van der Waals surface area (Å²) in [5, 5.41) is 4.25. The van der Waals surface area contributed by atoms with Gasteiger partial charge in [0.25, 0.3) is 0 Å². The van der Waals surface area contributed by atoms with Gasteiger partial charge in [-0.2, -0.15) is 0 Å². The highest BCUT2D eigenvalue weighted by Gasteiger charge is 2.42. The van der Waals surface area contributed by atoms with Crippen molar-refractivity contribution >= 4 is 23.0 Å². The van der Waals surface area contributed by atoms with Crippen molar-refractivity contribution in [3.63, 3.8) is 0 Å². The van der Waals surface area contributed by atoms with Crippen LogP contribution < -0.4 is 15.0 Å². The van der Waals surface area contributed by atoms with Gasteiger partial charge in [0, 0.05) is 29.3 Å². The Morgan fingerprint density at radius 2 is 1.67 bits per heavy atom. The summed E-state index contributed by atoms with van der Waals surface area (Å²) in [5.41, 5.74) is 10.6. The third-order valence-corrected chi connectivity index (χ3v) is 7.39. The van der Waals surface area contributed by atoms with Crippen LogP contribution in [0, 0.1) is 34.6 Å². The second-order valence-electron chi connectivity index (χ2n) is 9.61. The Hall–Kier alpha value is -3.64. The Labute approximate surface area is 218 Å². The molecule has 0 amide bonds. The van der Waals surface area contributed by atoms with Crippen molar-refractivity contribution in [3.8, 4) is 11.4 Å². The molecule has 5 rings (SSSR count). The Bertz CT molecular complexity index is 1420. The minimum atomic E-state index is -0.0981. The number of nitrogens with zero attached hydrogens (tertiary/aromatic N) is 3. The average Bonchev–Trinajstić information content (AvgIpc) is 3.35. The van der Waals surface area contributed by atoms with E-state index in [9.17, 15) is 0 Å². The molecule has 2 aromatic heterocycles. The summed E-state index contributed by atoms with van der Waals surface area (Å²) in [4.78, 5) is 6.91. The first-order valence-electron chi connectivity index (χ1n) is 12.2. The van der Waals surface area contributed by atoms with Gasteiger partial charge in [0.15, 0.2) is 5.11 Å². The molecule has 0 aliphatic carbocycles. The molecule has 5 nitrogen and oxygen atoms in total. The molecule has 2 atom stereocenters. The van der Waals surface area contributed by atoms with E-state index in [0.29, 0.717) is 5.11 Å². The highest BCUT2D eigenvalue weighted by atomic mass is 32.1. The Kier molecular flexibility index (Phi) is 6.31. The second kappa shape index (κ2) is 9.43. The maximum Gasteiger partial charge on any atom is 0.174 e. The molecular weight excluding hydrogens is 464 g/mol. The van der Waals surface area contributed by atoms with E-state index in [1.54, 1.807) is 7.11 Å². The number of aryl methyl sites for hydroxylation is 4. The number of nitrogens with one attached hydrogen (secondary N) is 1. The molecule has 1 N–H and O–H groups in total. The minimum absolute atomic E-state index is 0.0782. The maximum absolute atomic E-state index is 5.93. The fourth-order valence-electron chi connectivity index (χ4n) is 5.67. The largest absolute Gasteiger partial charge is 0.497 e. The summed E-state index contributed by atoms with van der Waals surface area (Å²) < 4.78 is 7.92. The number of hydrogen-bond donors (Lipinski definition) is 1.